The highest BCUT2D eigenvalue weighted by atomic mass is 16.5. The normalized spacial score (nSPS) is 31.4. The summed E-state index contributed by atoms with van der Waals surface area (Å²) < 4.78 is 6.02. The van der Waals surface area contributed by atoms with Gasteiger partial charge in [-0.15, -0.1) is 0 Å². The number of imide groups is 1. The Morgan fingerprint density at radius 1 is 0.897 bits per heavy atom. The Morgan fingerprint density at radius 2 is 1.49 bits per heavy atom. The Balaban J connectivity index is 0.856. The fraction of sp³-hybridized carbons (Fsp3) is 0.636. The molecular formula is C33H42N2O4. The van der Waals surface area contributed by atoms with E-state index in [9.17, 15) is 14.7 Å². The lowest BCUT2D eigenvalue weighted by Crippen LogP contribution is -2.47. The molecule has 1 saturated heterocycles. The first kappa shape index (κ1) is 25.7. The molecule has 5 fully saturated rings. The number of ether oxygens (including phenoxy) is 1. The van der Waals surface area contributed by atoms with Crippen LogP contribution in [0.5, 0.6) is 0 Å². The zero-order chi connectivity index (χ0) is 26.6. The minimum atomic E-state index is -0.472. The third-order valence-corrected chi connectivity index (χ3v) is 10.7. The van der Waals surface area contributed by atoms with E-state index >= 15 is 0 Å². The standard InChI is InChI=1S/C33H42N2O4/c36-27(21-39-12-9-33-16-23-13-24(17-33)15-25(14-23)18-33)20-34-10-7-22(8-11-34)19-35-31(37)28-5-1-3-26-4-2-6-29(30(26)28)32(35)38/h1-6,22-25,27,36H,7-21H2/t23?,24?,25?,27-,33?/m0/s1. The van der Waals surface area contributed by atoms with Crippen LogP contribution in [0.25, 0.3) is 10.8 Å². The van der Waals surface area contributed by atoms with E-state index < -0.39 is 6.10 Å². The summed E-state index contributed by atoms with van der Waals surface area (Å²) >= 11 is 0. The monoisotopic (exact) mass is 530 g/mol. The third-order valence-electron chi connectivity index (χ3n) is 10.7. The predicted molar refractivity (Wildman–Crippen MR) is 151 cm³/mol. The van der Waals surface area contributed by atoms with Crippen molar-refractivity contribution < 1.29 is 19.4 Å². The maximum absolute atomic E-state index is 13.2. The van der Waals surface area contributed by atoms with Gasteiger partial charge in [-0.25, -0.2) is 0 Å². The first-order chi connectivity index (χ1) is 19.0. The van der Waals surface area contributed by atoms with Crippen molar-refractivity contribution in [3.63, 3.8) is 0 Å². The molecule has 0 spiro atoms. The number of hydrogen-bond acceptors (Lipinski definition) is 5. The van der Waals surface area contributed by atoms with E-state index in [4.69, 9.17) is 4.74 Å². The number of amides is 2. The highest BCUT2D eigenvalue weighted by Gasteiger charge is 2.50. The second kappa shape index (κ2) is 10.3. The van der Waals surface area contributed by atoms with Gasteiger partial charge < -0.3 is 14.7 Å². The van der Waals surface area contributed by atoms with Gasteiger partial charge in [-0.05, 0) is 117 Å². The van der Waals surface area contributed by atoms with E-state index in [0.717, 1.165) is 61.1 Å². The Labute approximate surface area is 231 Å². The Morgan fingerprint density at radius 3 is 2.08 bits per heavy atom. The molecule has 6 heteroatoms. The molecule has 2 aromatic carbocycles. The second-order valence-electron chi connectivity index (χ2n) is 13.6. The fourth-order valence-corrected chi connectivity index (χ4v) is 9.31. The average Bonchev–Trinajstić information content (AvgIpc) is 2.92. The second-order valence-corrected chi connectivity index (χ2v) is 13.6. The minimum absolute atomic E-state index is 0.173. The molecule has 1 atom stereocenters. The van der Waals surface area contributed by atoms with Gasteiger partial charge in [-0.1, -0.05) is 24.3 Å². The largest absolute Gasteiger partial charge is 0.389 e. The SMILES string of the molecule is O=C1c2cccc3cccc(c23)C(=O)N1CC1CCN(C[C@H](O)COCCC23CC4CC(CC(C4)C2)C3)CC1. The van der Waals surface area contributed by atoms with Crippen molar-refractivity contribution in [2.24, 2.45) is 29.1 Å². The van der Waals surface area contributed by atoms with E-state index in [1.807, 2.05) is 36.4 Å². The van der Waals surface area contributed by atoms with Gasteiger partial charge in [0.25, 0.3) is 11.8 Å². The van der Waals surface area contributed by atoms with Crippen LogP contribution < -0.4 is 0 Å². The topological polar surface area (TPSA) is 70.1 Å². The number of aliphatic hydroxyl groups is 1. The summed E-state index contributed by atoms with van der Waals surface area (Å²) in [5, 5.41) is 12.4. The quantitative estimate of drug-likeness (QED) is 0.360. The van der Waals surface area contributed by atoms with Crippen LogP contribution in [-0.2, 0) is 4.74 Å². The van der Waals surface area contributed by atoms with Crippen LogP contribution >= 0.6 is 0 Å². The Hall–Kier alpha value is -2.28. The molecule has 4 aliphatic carbocycles. The number of carbonyl (C=O) groups is 2. The van der Waals surface area contributed by atoms with Crippen molar-refractivity contribution in [3.05, 3.63) is 47.5 Å². The highest BCUT2D eigenvalue weighted by Crippen LogP contribution is 2.61. The Kier molecular flexibility index (Phi) is 6.77. The highest BCUT2D eigenvalue weighted by molar-refractivity contribution is 6.25. The summed E-state index contributed by atoms with van der Waals surface area (Å²) in [6, 6.07) is 11.4. The third kappa shape index (κ3) is 4.93. The van der Waals surface area contributed by atoms with E-state index in [0.29, 0.717) is 36.2 Å². The van der Waals surface area contributed by atoms with E-state index in [-0.39, 0.29) is 17.7 Å². The van der Waals surface area contributed by atoms with E-state index in [2.05, 4.69) is 4.90 Å². The molecule has 39 heavy (non-hydrogen) atoms. The summed E-state index contributed by atoms with van der Waals surface area (Å²) in [6.07, 6.45) is 11.2. The summed E-state index contributed by atoms with van der Waals surface area (Å²) in [7, 11) is 0. The minimum Gasteiger partial charge on any atom is -0.389 e. The maximum Gasteiger partial charge on any atom is 0.261 e. The van der Waals surface area contributed by atoms with Gasteiger partial charge in [0.05, 0.1) is 12.7 Å². The zero-order valence-electron chi connectivity index (χ0n) is 23.0. The zero-order valence-corrected chi connectivity index (χ0v) is 23.0. The summed E-state index contributed by atoms with van der Waals surface area (Å²) in [5.74, 6) is 2.86. The lowest BCUT2D eigenvalue weighted by molar-refractivity contribution is -0.0743. The molecule has 2 heterocycles. The molecule has 0 aromatic heterocycles. The lowest BCUT2D eigenvalue weighted by Gasteiger charge is -2.57. The predicted octanol–water partition coefficient (Wildman–Crippen LogP) is 5.13. The number of carbonyl (C=O) groups excluding carboxylic acids is 2. The molecule has 2 aliphatic heterocycles. The molecule has 4 saturated carbocycles. The van der Waals surface area contributed by atoms with Crippen molar-refractivity contribution in [3.8, 4) is 0 Å². The van der Waals surface area contributed by atoms with Gasteiger partial charge in [-0.2, -0.15) is 0 Å². The molecule has 4 bridgehead atoms. The first-order valence-electron chi connectivity index (χ1n) is 15.3. The van der Waals surface area contributed by atoms with E-state index in [1.54, 1.807) is 0 Å². The van der Waals surface area contributed by atoms with Gasteiger partial charge in [0.1, 0.15) is 0 Å². The maximum atomic E-state index is 13.2. The number of benzene rings is 2. The van der Waals surface area contributed by atoms with Crippen LogP contribution in [0.3, 0.4) is 0 Å². The van der Waals surface area contributed by atoms with Crippen LogP contribution in [0.2, 0.25) is 0 Å². The molecule has 2 amide bonds. The number of hydrogen-bond donors (Lipinski definition) is 1. The fourth-order valence-electron chi connectivity index (χ4n) is 9.31. The molecule has 8 rings (SSSR count). The van der Waals surface area contributed by atoms with Gasteiger partial charge in [0, 0.05) is 36.2 Å². The van der Waals surface area contributed by atoms with Crippen molar-refractivity contribution >= 4 is 22.6 Å². The number of rotatable bonds is 9. The molecule has 0 unspecified atom stereocenters. The first-order valence-corrected chi connectivity index (χ1v) is 15.3. The van der Waals surface area contributed by atoms with Crippen molar-refractivity contribution in [1.82, 2.24) is 9.80 Å². The van der Waals surface area contributed by atoms with Gasteiger partial charge in [0.2, 0.25) is 0 Å². The van der Waals surface area contributed by atoms with Crippen LogP contribution in [0.1, 0.15) is 78.5 Å². The van der Waals surface area contributed by atoms with Crippen molar-refractivity contribution in [2.75, 3.05) is 39.4 Å². The van der Waals surface area contributed by atoms with E-state index in [1.165, 1.54) is 49.8 Å². The molecular weight excluding hydrogens is 488 g/mol. The Bertz CT molecular complexity index is 1160. The number of likely N-dealkylation sites (tertiary alicyclic amines) is 1. The smallest absolute Gasteiger partial charge is 0.261 e. The number of aliphatic hydroxyl groups excluding tert-OH is 1. The molecule has 1 N–H and O–H groups in total. The lowest BCUT2D eigenvalue weighted by atomic mass is 9.49. The van der Waals surface area contributed by atoms with Crippen LogP contribution in [0.4, 0.5) is 0 Å². The molecule has 6 nitrogen and oxygen atoms in total. The number of nitrogens with zero attached hydrogens (tertiary/aromatic N) is 2. The summed E-state index contributed by atoms with van der Waals surface area (Å²) in [5.41, 5.74) is 1.80. The molecule has 2 aromatic rings. The number of β-amino-alcohol motifs (C(OH)–C–C–N with tert-alkyl or cyclic N) is 1. The van der Waals surface area contributed by atoms with Crippen LogP contribution in [-0.4, -0.2) is 72.2 Å². The van der Waals surface area contributed by atoms with Gasteiger partial charge >= 0.3 is 0 Å². The van der Waals surface area contributed by atoms with Crippen LogP contribution in [0.15, 0.2) is 36.4 Å². The molecule has 208 valence electrons. The molecule has 6 aliphatic rings. The van der Waals surface area contributed by atoms with Gasteiger partial charge in [-0.3, -0.25) is 14.5 Å². The summed E-state index contributed by atoms with van der Waals surface area (Å²) in [6.45, 7) is 4.02. The summed E-state index contributed by atoms with van der Waals surface area (Å²) in [4.78, 5) is 30.3. The van der Waals surface area contributed by atoms with Crippen LogP contribution in [0, 0.1) is 29.1 Å². The van der Waals surface area contributed by atoms with Crippen molar-refractivity contribution in [1.29, 1.82) is 0 Å². The van der Waals surface area contributed by atoms with Crippen molar-refractivity contribution in [2.45, 2.75) is 63.9 Å². The average molecular weight is 531 g/mol. The number of piperidine rings is 1. The van der Waals surface area contributed by atoms with Gasteiger partial charge in [0.15, 0.2) is 0 Å². The molecule has 0 radical (unpaired) electrons.